The van der Waals surface area contributed by atoms with Gasteiger partial charge in [0.15, 0.2) is 0 Å². The number of anilines is 1. The van der Waals surface area contributed by atoms with Crippen molar-refractivity contribution < 1.29 is 18.0 Å². The zero-order chi connectivity index (χ0) is 32.6. The SMILES string of the molecule is Cc1cccc(CN(C(=O)CN(c2ccc(Cl)cc2Cl)S(=O)(=O)c2ccccc2)[C@H](Cc2ccccc2)C(=O)NCC(C)C)c1. The predicted octanol–water partition coefficient (Wildman–Crippen LogP) is 6.91. The van der Waals surface area contributed by atoms with E-state index in [-0.39, 0.29) is 40.4 Å². The minimum absolute atomic E-state index is 0.00966. The zero-order valence-electron chi connectivity index (χ0n) is 25.5. The number of sulfonamides is 1. The lowest BCUT2D eigenvalue weighted by atomic mass is 10.0. The van der Waals surface area contributed by atoms with Gasteiger partial charge in [-0.2, -0.15) is 0 Å². The summed E-state index contributed by atoms with van der Waals surface area (Å²) in [6, 6.07) is 28.4. The lowest BCUT2D eigenvalue weighted by Gasteiger charge is -2.34. The highest BCUT2D eigenvalue weighted by molar-refractivity contribution is 7.92. The standard InChI is InChI=1S/C35H37Cl2N3O4S/c1-25(2)22-38-35(42)33(20-27-12-6-4-7-13-27)39(23-28-14-10-11-26(3)19-28)34(41)24-40(32-18-17-29(36)21-31(32)37)45(43,44)30-15-8-5-9-16-30/h4-19,21,25,33H,20,22-24H2,1-3H3,(H,38,42)/t33-/m1/s1. The Hall–Kier alpha value is -3.85. The molecule has 0 aliphatic carbocycles. The number of amides is 2. The van der Waals surface area contributed by atoms with Crippen molar-refractivity contribution in [3.05, 3.63) is 130 Å². The molecule has 0 saturated heterocycles. The molecule has 0 aliphatic heterocycles. The highest BCUT2D eigenvalue weighted by Crippen LogP contribution is 2.33. The first-order chi connectivity index (χ1) is 21.5. The third-order valence-electron chi connectivity index (χ3n) is 7.18. The number of benzene rings is 4. The van der Waals surface area contributed by atoms with E-state index in [1.807, 2.05) is 75.4 Å². The molecule has 0 aromatic heterocycles. The van der Waals surface area contributed by atoms with Gasteiger partial charge >= 0.3 is 0 Å². The monoisotopic (exact) mass is 665 g/mol. The van der Waals surface area contributed by atoms with E-state index in [2.05, 4.69) is 5.32 Å². The van der Waals surface area contributed by atoms with Crippen LogP contribution in [0.3, 0.4) is 0 Å². The van der Waals surface area contributed by atoms with Crippen LogP contribution in [0.25, 0.3) is 0 Å². The Labute approximate surface area is 275 Å². The number of carbonyl (C=O) groups is 2. The summed E-state index contributed by atoms with van der Waals surface area (Å²) in [5, 5.41) is 3.37. The third-order valence-corrected chi connectivity index (χ3v) is 9.49. The van der Waals surface area contributed by atoms with Gasteiger partial charge in [0, 0.05) is 24.5 Å². The molecule has 7 nitrogen and oxygen atoms in total. The maximum atomic E-state index is 14.5. The molecule has 0 unspecified atom stereocenters. The van der Waals surface area contributed by atoms with E-state index in [0.29, 0.717) is 11.6 Å². The second-order valence-corrected chi connectivity index (χ2v) is 14.0. The van der Waals surface area contributed by atoms with E-state index in [1.54, 1.807) is 18.2 Å². The van der Waals surface area contributed by atoms with Crippen LogP contribution in [0.5, 0.6) is 0 Å². The molecule has 4 aromatic carbocycles. The molecule has 0 saturated carbocycles. The molecule has 0 radical (unpaired) electrons. The molecule has 0 spiro atoms. The molecule has 2 amide bonds. The molecule has 236 valence electrons. The molecule has 0 aliphatic rings. The Balaban J connectivity index is 1.82. The summed E-state index contributed by atoms with van der Waals surface area (Å²) in [7, 11) is -4.27. The van der Waals surface area contributed by atoms with Crippen LogP contribution >= 0.6 is 23.2 Å². The fourth-order valence-corrected chi connectivity index (χ4v) is 6.91. The number of carbonyl (C=O) groups excluding carboxylic acids is 2. The van der Waals surface area contributed by atoms with Gasteiger partial charge in [-0.15, -0.1) is 0 Å². The summed E-state index contributed by atoms with van der Waals surface area (Å²) in [5.74, 6) is -0.705. The van der Waals surface area contributed by atoms with E-state index in [0.717, 1.165) is 21.0 Å². The molecule has 4 rings (SSSR count). The third kappa shape index (κ3) is 9.10. The molecule has 1 N–H and O–H groups in total. The predicted molar refractivity (Wildman–Crippen MR) is 181 cm³/mol. The van der Waals surface area contributed by atoms with Crippen LogP contribution in [0, 0.1) is 12.8 Å². The van der Waals surface area contributed by atoms with Crippen molar-refractivity contribution in [2.45, 2.75) is 44.7 Å². The van der Waals surface area contributed by atoms with Gasteiger partial charge in [-0.05, 0) is 54.3 Å². The minimum atomic E-state index is -4.27. The molecule has 10 heteroatoms. The first kappa shape index (κ1) is 34.0. The number of hydrogen-bond acceptors (Lipinski definition) is 4. The van der Waals surface area contributed by atoms with Crippen LogP contribution in [0.15, 0.2) is 108 Å². The summed E-state index contributed by atoms with van der Waals surface area (Å²) < 4.78 is 29.2. The summed E-state index contributed by atoms with van der Waals surface area (Å²) in [4.78, 5) is 29.8. The van der Waals surface area contributed by atoms with E-state index in [1.165, 1.54) is 35.2 Å². The Morgan fingerprint density at radius 3 is 2.09 bits per heavy atom. The molecule has 0 fully saturated rings. The van der Waals surface area contributed by atoms with E-state index < -0.39 is 28.5 Å². The van der Waals surface area contributed by atoms with Gasteiger partial charge < -0.3 is 10.2 Å². The van der Waals surface area contributed by atoms with Crippen LogP contribution in [-0.2, 0) is 32.6 Å². The number of nitrogens with one attached hydrogen (secondary N) is 1. The molecular weight excluding hydrogens is 629 g/mol. The van der Waals surface area contributed by atoms with Crippen molar-refractivity contribution in [3.8, 4) is 0 Å². The average Bonchev–Trinajstić information content (AvgIpc) is 3.01. The quantitative estimate of drug-likeness (QED) is 0.168. The van der Waals surface area contributed by atoms with Gasteiger partial charge in [-0.3, -0.25) is 13.9 Å². The Bertz CT molecular complexity index is 1720. The summed E-state index contributed by atoms with van der Waals surface area (Å²) in [5.41, 5.74) is 2.75. The molecule has 0 heterocycles. The average molecular weight is 667 g/mol. The number of rotatable bonds is 13. The highest BCUT2D eigenvalue weighted by Gasteiger charge is 2.35. The minimum Gasteiger partial charge on any atom is -0.354 e. The molecular formula is C35H37Cl2N3O4S. The summed E-state index contributed by atoms with van der Waals surface area (Å²) >= 11 is 12.7. The van der Waals surface area contributed by atoms with E-state index in [4.69, 9.17) is 23.2 Å². The summed E-state index contributed by atoms with van der Waals surface area (Å²) in [6.07, 6.45) is 0.232. The van der Waals surface area contributed by atoms with Crippen LogP contribution in [-0.4, -0.2) is 44.3 Å². The topological polar surface area (TPSA) is 86.8 Å². The fourth-order valence-electron chi connectivity index (χ4n) is 4.90. The molecule has 4 aromatic rings. The van der Waals surface area contributed by atoms with Gasteiger partial charge in [0.2, 0.25) is 11.8 Å². The lowest BCUT2D eigenvalue weighted by Crippen LogP contribution is -2.53. The summed E-state index contributed by atoms with van der Waals surface area (Å²) in [6.45, 7) is 5.83. The highest BCUT2D eigenvalue weighted by atomic mass is 35.5. The lowest BCUT2D eigenvalue weighted by molar-refractivity contribution is -0.140. The van der Waals surface area contributed by atoms with Crippen molar-refractivity contribution >= 4 is 50.7 Å². The fraction of sp³-hybridized carbons (Fsp3) is 0.257. The first-order valence-electron chi connectivity index (χ1n) is 14.6. The van der Waals surface area contributed by atoms with Crippen molar-refractivity contribution in [1.82, 2.24) is 10.2 Å². The van der Waals surface area contributed by atoms with Gasteiger partial charge in [-0.1, -0.05) is 115 Å². The van der Waals surface area contributed by atoms with E-state index >= 15 is 0 Å². The number of aryl methyl sites for hydroxylation is 1. The molecule has 45 heavy (non-hydrogen) atoms. The number of nitrogens with zero attached hydrogens (tertiary/aromatic N) is 2. The van der Waals surface area contributed by atoms with Crippen molar-refractivity contribution in [3.63, 3.8) is 0 Å². The van der Waals surface area contributed by atoms with Gasteiger partial charge in [0.05, 0.1) is 15.6 Å². The smallest absolute Gasteiger partial charge is 0.264 e. The van der Waals surface area contributed by atoms with Crippen molar-refractivity contribution in [2.24, 2.45) is 5.92 Å². The van der Waals surface area contributed by atoms with Crippen LogP contribution in [0.2, 0.25) is 10.0 Å². The Morgan fingerprint density at radius 1 is 0.822 bits per heavy atom. The second-order valence-electron chi connectivity index (χ2n) is 11.3. The largest absolute Gasteiger partial charge is 0.354 e. The molecule has 1 atom stereocenters. The second kappa shape index (κ2) is 15.4. The van der Waals surface area contributed by atoms with Crippen LogP contribution in [0.1, 0.15) is 30.5 Å². The van der Waals surface area contributed by atoms with Crippen LogP contribution < -0.4 is 9.62 Å². The normalized spacial score (nSPS) is 12.0. The van der Waals surface area contributed by atoms with E-state index in [9.17, 15) is 18.0 Å². The Kier molecular flexibility index (Phi) is 11.7. The number of hydrogen-bond donors (Lipinski definition) is 1. The van der Waals surface area contributed by atoms with Crippen molar-refractivity contribution in [2.75, 3.05) is 17.4 Å². The maximum absolute atomic E-state index is 14.5. The van der Waals surface area contributed by atoms with Crippen molar-refractivity contribution in [1.29, 1.82) is 0 Å². The first-order valence-corrected chi connectivity index (χ1v) is 16.8. The van der Waals surface area contributed by atoms with Gasteiger partial charge in [0.1, 0.15) is 12.6 Å². The molecule has 0 bridgehead atoms. The number of halogens is 2. The van der Waals surface area contributed by atoms with Gasteiger partial charge in [0.25, 0.3) is 10.0 Å². The van der Waals surface area contributed by atoms with Gasteiger partial charge in [-0.25, -0.2) is 8.42 Å². The zero-order valence-corrected chi connectivity index (χ0v) is 27.8. The maximum Gasteiger partial charge on any atom is 0.264 e. The van der Waals surface area contributed by atoms with Crippen LogP contribution in [0.4, 0.5) is 5.69 Å². The Morgan fingerprint density at radius 2 is 1.47 bits per heavy atom.